The van der Waals surface area contributed by atoms with Crippen LogP contribution in [0, 0.1) is 0 Å². The summed E-state index contributed by atoms with van der Waals surface area (Å²) >= 11 is 0. The van der Waals surface area contributed by atoms with Gasteiger partial charge in [0.15, 0.2) is 0 Å². The van der Waals surface area contributed by atoms with Crippen LogP contribution in [0.1, 0.15) is 32.1 Å². The zero-order valence-corrected chi connectivity index (χ0v) is 14.6. The molecule has 1 aromatic carbocycles. The molecule has 1 spiro atoms. The Balaban J connectivity index is 1.47. The van der Waals surface area contributed by atoms with Crippen molar-refractivity contribution in [3.8, 4) is 0 Å². The summed E-state index contributed by atoms with van der Waals surface area (Å²) in [5.41, 5.74) is 0.552. The first-order chi connectivity index (χ1) is 12.2. The van der Waals surface area contributed by atoms with E-state index in [9.17, 15) is 9.59 Å². The van der Waals surface area contributed by atoms with E-state index in [1.54, 1.807) is 0 Å². The first-order valence-electron chi connectivity index (χ1n) is 9.36. The van der Waals surface area contributed by atoms with Gasteiger partial charge in [-0.25, -0.2) is 4.79 Å². The van der Waals surface area contributed by atoms with Gasteiger partial charge < -0.3 is 20.0 Å². The van der Waals surface area contributed by atoms with Crippen LogP contribution in [-0.4, -0.2) is 60.1 Å². The van der Waals surface area contributed by atoms with Crippen LogP contribution in [0.15, 0.2) is 30.3 Å². The largest absolute Gasteiger partial charge is 0.339 e. The van der Waals surface area contributed by atoms with Crippen LogP contribution in [0.5, 0.6) is 0 Å². The zero-order valence-electron chi connectivity index (χ0n) is 14.6. The smallest absolute Gasteiger partial charge is 0.320 e. The molecule has 0 saturated carbocycles. The van der Waals surface area contributed by atoms with Crippen molar-refractivity contribution in [3.63, 3.8) is 0 Å². The zero-order chi connectivity index (χ0) is 17.3. The van der Waals surface area contributed by atoms with E-state index in [1.165, 1.54) is 6.42 Å². The van der Waals surface area contributed by atoms with Gasteiger partial charge >= 0.3 is 6.03 Å². The number of hydrogen-bond donors (Lipinski definition) is 1. The van der Waals surface area contributed by atoms with Crippen LogP contribution in [0.25, 0.3) is 0 Å². The average molecular weight is 342 g/mol. The van der Waals surface area contributed by atoms with Crippen LogP contribution in [0.2, 0.25) is 0 Å². The molecule has 3 fully saturated rings. The van der Waals surface area contributed by atoms with Crippen LogP contribution >= 0.6 is 0 Å². The van der Waals surface area contributed by atoms with Gasteiger partial charge in [-0.1, -0.05) is 18.2 Å². The SMILES string of the molecule is O=C(N1CCCCC1)N1CCC2(CC1)C(=O)NCN2c1ccccc1. The fourth-order valence-electron chi connectivity index (χ4n) is 4.39. The predicted molar refractivity (Wildman–Crippen MR) is 96.3 cm³/mol. The molecule has 134 valence electrons. The van der Waals surface area contributed by atoms with Crippen molar-refractivity contribution >= 4 is 17.6 Å². The summed E-state index contributed by atoms with van der Waals surface area (Å²) in [5, 5.41) is 3.01. The standard InChI is InChI=1S/C19H26N4O2/c24-17-19(23(15-20-17)16-7-3-1-4-8-16)9-13-22(14-10-19)18(25)21-11-5-2-6-12-21/h1,3-4,7-8H,2,5-6,9-15H2,(H,20,24). The van der Waals surface area contributed by atoms with Gasteiger partial charge in [-0.05, 0) is 44.2 Å². The second-order valence-electron chi connectivity index (χ2n) is 7.28. The number of amides is 3. The lowest BCUT2D eigenvalue weighted by molar-refractivity contribution is -0.124. The first kappa shape index (κ1) is 16.2. The Labute approximate surface area is 148 Å². The van der Waals surface area contributed by atoms with Gasteiger partial charge in [0.2, 0.25) is 5.91 Å². The van der Waals surface area contributed by atoms with Crippen molar-refractivity contribution < 1.29 is 9.59 Å². The monoisotopic (exact) mass is 342 g/mol. The summed E-state index contributed by atoms with van der Waals surface area (Å²) < 4.78 is 0. The topological polar surface area (TPSA) is 55.9 Å². The van der Waals surface area contributed by atoms with E-state index in [0.717, 1.165) is 31.6 Å². The maximum atomic E-state index is 12.7. The number of carbonyl (C=O) groups excluding carboxylic acids is 2. The fraction of sp³-hybridized carbons (Fsp3) is 0.579. The third-order valence-electron chi connectivity index (χ3n) is 5.89. The Morgan fingerprint density at radius 2 is 1.56 bits per heavy atom. The minimum Gasteiger partial charge on any atom is -0.339 e. The molecular formula is C19H26N4O2. The molecule has 25 heavy (non-hydrogen) atoms. The number of anilines is 1. The summed E-state index contributed by atoms with van der Waals surface area (Å²) in [6.45, 7) is 3.58. The van der Waals surface area contributed by atoms with E-state index < -0.39 is 5.54 Å². The van der Waals surface area contributed by atoms with Crippen LogP contribution in [-0.2, 0) is 4.79 Å². The summed E-state index contributed by atoms with van der Waals surface area (Å²) in [4.78, 5) is 31.5. The molecule has 0 unspecified atom stereocenters. The van der Waals surface area contributed by atoms with Crippen molar-refractivity contribution in [3.05, 3.63) is 30.3 Å². The molecule has 6 nitrogen and oxygen atoms in total. The molecular weight excluding hydrogens is 316 g/mol. The molecule has 1 aromatic rings. The number of likely N-dealkylation sites (tertiary alicyclic amines) is 2. The van der Waals surface area contributed by atoms with Crippen LogP contribution in [0.4, 0.5) is 10.5 Å². The van der Waals surface area contributed by atoms with Crippen molar-refractivity contribution in [1.82, 2.24) is 15.1 Å². The first-order valence-corrected chi connectivity index (χ1v) is 9.36. The maximum Gasteiger partial charge on any atom is 0.320 e. The van der Waals surface area contributed by atoms with Gasteiger partial charge in [-0.3, -0.25) is 4.79 Å². The molecule has 0 aromatic heterocycles. The number of urea groups is 1. The quantitative estimate of drug-likeness (QED) is 0.849. The number of benzene rings is 1. The molecule has 1 N–H and O–H groups in total. The molecule has 0 atom stereocenters. The lowest BCUT2D eigenvalue weighted by Crippen LogP contribution is -2.59. The minimum atomic E-state index is -0.514. The molecule has 4 rings (SSSR count). The highest BCUT2D eigenvalue weighted by Crippen LogP contribution is 2.36. The number of nitrogens with one attached hydrogen (secondary N) is 1. The lowest BCUT2D eigenvalue weighted by atomic mass is 9.85. The Morgan fingerprint density at radius 3 is 2.24 bits per heavy atom. The molecule has 3 amide bonds. The number of rotatable bonds is 1. The highest BCUT2D eigenvalue weighted by Gasteiger charge is 2.51. The molecule has 6 heteroatoms. The van der Waals surface area contributed by atoms with Crippen molar-refractivity contribution in [2.45, 2.75) is 37.6 Å². The Bertz CT molecular complexity index is 634. The number of nitrogens with zero attached hydrogens (tertiary/aromatic N) is 3. The second kappa shape index (κ2) is 6.58. The van der Waals surface area contributed by atoms with Crippen molar-refractivity contribution in [1.29, 1.82) is 0 Å². The molecule has 0 bridgehead atoms. The Hall–Kier alpha value is -2.24. The van der Waals surface area contributed by atoms with Gasteiger partial charge in [-0.2, -0.15) is 0 Å². The normalized spacial score (nSPS) is 23.0. The Morgan fingerprint density at radius 1 is 0.920 bits per heavy atom. The van der Waals surface area contributed by atoms with Crippen LogP contribution in [0.3, 0.4) is 0 Å². The summed E-state index contributed by atoms with van der Waals surface area (Å²) in [6.07, 6.45) is 4.81. The third kappa shape index (κ3) is 2.83. The maximum absolute atomic E-state index is 12.7. The summed E-state index contributed by atoms with van der Waals surface area (Å²) in [5.74, 6) is 0.0985. The highest BCUT2D eigenvalue weighted by molar-refractivity contribution is 5.93. The number of hydrogen-bond acceptors (Lipinski definition) is 3. The van der Waals surface area contributed by atoms with Crippen LogP contribution < -0.4 is 10.2 Å². The fourth-order valence-corrected chi connectivity index (χ4v) is 4.39. The van der Waals surface area contributed by atoms with Gasteiger partial charge in [0.05, 0.1) is 6.67 Å². The van der Waals surface area contributed by atoms with E-state index in [1.807, 2.05) is 40.1 Å². The van der Waals surface area contributed by atoms with Crippen molar-refractivity contribution in [2.24, 2.45) is 0 Å². The highest BCUT2D eigenvalue weighted by atomic mass is 16.2. The molecule has 3 saturated heterocycles. The van der Waals surface area contributed by atoms with Gasteiger partial charge in [0, 0.05) is 31.9 Å². The number of carbonyl (C=O) groups is 2. The van der Waals surface area contributed by atoms with E-state index in [4.69, 9.17) is 0 Å². The van der Waals surface area contributed by atoms with E-state index in [2.05, 4.69) is 10.2 Å². The molecule has 3 aliphatic rings. The van der Waals surface area contributed by atoms with Gasteiger partial charge in [0.1, 0.15) is 5.54 Å². The predicted octanol–water partition coefficient (Wildman–Crippen LogP) is 2.02. The Kier molecular flexibility index (Phi) is 4.27. The van der Waals surface area contributed by atoms with Gasteiger partial charge in [-0.15, -0.1) is 0 Å². The summed E-state index contributed by atoms with van der Waals surface area (Å²) in [7, 11) is 0. The molecule has 3 aliphatic heterocycles. The lowest BCUT2D eigenvalue weighted by Gasteiger charge is -2.44. The van der Waals surface area contributed by atoms with E-state index in [0.29, 0.717) is 32.6 Å². The minimum absolute atomic E-state index is 0.0985. The third-order valence-corrected chi connectivity index (χ3v) is 5.89. The van der Waals surface area contributed by atoms with Gasteiger partial charge in [0.25, 0.3) is 0 Å². The van der Waals surface area contributed by atoms with E-state index in [-0.39, 0.29) is 11.9 Å². The molecule has 0 aliphatic carbocycles. The number of piperidine rings is 2. The molecule has 0 radical (unpaired) electrons. The summed E-state index contributed by atoms with van der Waals surface area (Å²) in [6, 6.07) is 10.2. The van der Waals surface area contributed by atoms with Crippen molar-refractivity contribution in [2.75, 3.05) is 37.7 Å². The van der Waals surface area contributed by atoms with E-state index >= 15 is 0 Å². The second-order valence-corrected chi connectivity index (χ2v) is 7.28. The molecule has 3 heterocycles. The number of para-hydroxylation sites is 1. The average Bonchev–Trinajstić information content (AvgIpc) is 2.99.